The Bertz CT molecular complexity index is 706. The zero-order valence-electron chi connectivity index (χ0n) is 12.9. The SMILES string of the molecule is COc1c(C)ccc2c1N(C)C(S(=O)Cc1ccccn1)N2. The molecule has 1 aliphatic heterocycles. The van der Waals surface area contributed by atoms with Crippen molar-refractivity contribution in [2.24, 2.45) is 0 Å². The average Bonchev–Trinajstić information content (AvgIpc) is 2.86. The molecule has 6 heteroatoms. The van der Waals surface area contributed by atoms with E-state index in [0.717, 1.165) is 28.4 Å². The van der Waals surface area contributed by atoms with Crippen LogP contribution in [0.1, 0.15) is 11.3 Å². The quantitative estimate of drug-likeness (QED) is 0.939. The van der Waals surface area contributed by atoms with Crippen LogP contribution in [0.4, 0.5) is 11.4 Å². The Hall–Kier alpha value is -2.08. The van der Waals surface area contributed by atoms with Crippen LogP contribution in [0.3, 0.4) is 0 Å². The number of pyridine rings is 1. The van der Waals surface area contributed by atoms with E-state index in [1.807, 2.05) is 49.2 Å². The number of aryl methyl sites for hydroxylation is 1. The molecule has 0 fully saturated rings. The Morgan fingerprint density at radius 3 is 2.86 bits per heavy atom. The first kappa shape index (κ1) is 14.8. The largest absolute Gasteiger partial charge is 0.494 e. The molecule has 0 saturated heterocycles. The van der Waals surface area contributed by atoms with E-state index in [1.54, 1.807) is 13.3 Å². The molecule has 0 spiro atoms. The molecule has 1 aromatic carbocycles. The van der Waals surface area contributed by atoms with E-state index in [4.69, 9.17) is 4.74 Å². The van der Waals surface area contributed by atoms with E-state index in [-0.39, 0.29) is 5.50 Å². The molecule has 0 saturated carbocycles. The van der Waals surface area contributed by atoms with Gasteiger partial charge in [0.2, 0.25) is 0 Å². The van der Waals surface area contributed by atoms with Crippen molar-refractivity contribution in [2.45, 2.75) is 18.2 Å². The van der Waals surface area contributed by atoms with Crippen molar-refractivity contribution in [3.8, 4) is 5.75 Å². The monoisotopic (exact) mass is 317 g/mol. The Balaban J connectivity index is 1.85. The van der Waals surface area contributed by atoms with Gasteiger partial charge < -0.3 is 15.0 Å². The van der Waals surface area contributed by atoms with Gasteiger partial charge in [-0.15, -0.1) is 0 Å². The Labute approximate surface area is 132 Å². The van der Waals surface area contributed by atoms with Gasteiger partial charge in [0.05, 0.1) is 35.0 Å². The summed E-state index contributed by atoms with van der Waals surface area (Å²) in [7, 11) is 2.47. The molecular weight excluding hydrogens is 298 g/mol. The van der Waals surface area contributed by atoms with Gasteiger partial charge in [-0.25, -0.2) is 0 Å². The molecule has 2 unspecified atom stereocenters. The molecule has 0 radical (unpaired) electrons. The Morgan fingerprint density at radius 2 is 2.18 bits per heavy atom. The molecular formula is C16H19N3O2S. The lowest BCUT2D eigenvalue weighted by atomic mass is 10.1. The van der Waals surface area contributed by atoms with E-state index < -0.39 is 10.8 Å². The predicted molar refractivity (Wildman–Crippen MR) is 89.6 cm³/mol. The summed E-state index contributed by atoms with van der Waals surface area (Å²) in [4.78, 5) is 6.23. The Kier molecular flexibility index (Phi) is 4.02. The number of methoxy groups -OCH3 is 1. The minimum atomic E-state index is -1.12. The second-order valence-corrected chi connectivity index (χ2v) is 6.76. The normalized spacial score (nSPS) is 17.8. The highest BCUT2D eigenvalue weighted by molar-refractivity contribution is 7.85. The van der Waals surface area contributed by atoms with Crippen molar-refractivity contribution in [3.63, 3.8) is 0 Å². The minimum absolute atomic E-state index is 0.285. The molecule has 2 aromatic rings. The lowest BCUT2D eigenvalue weighted by molar-refractivity contribution is 0.412. The third-order valence-electron chi connectivity index (χ3n) is 3.78. The third kappa shape index (κ3) is 2.54. The zero-order valence-corrected chi connectivity index (χ0v) is 13.7. The van der Waals surface area contributed by atoms with E-state index in [1.165, 1.54) is 0 Å². The van der Waals surface area contributed by atoms with E-state index in [0.29, 0.717) is 5.75 Å². The number of ether oxygens (including phenoxy) is 1. The van der Waals surface area contributed by atoms with Gasteiger partial charge >= 0.3 is 0 Å². The van der Waals surface area contributed by atoms with Gasteiger partial charge in [0.15, 0.2) is 5.50 Å². The van der Waals surface area contributed by atoms with Crippen LogP contribution in [-0.2, 0) is 16.6 Å². The maximum Gasteiger partial charge on any atom is 0.178 e. The number of benzene rings is 1. The number of fused-ring (bicyclic) bond motifs is 1. The summed E-state index contributed by atoms with van der Waals surface area (Å²) in [5.74, 6) is 1.24. The fourth-order valence-electron chi connectivity index (χ4n) is 2.69. The van der Waals surface area contributed by atoms with Crippen molar-refractivity contribution in [1.29, 1.82) is 0 Å². The van der Waals surface area contributed by atoms with Crippen LogP contribution >= 0.6 is 0 Å². The van der Waals surface area contributed by atoms with Crippen molar-refractivity contribution in [1.82, 2.24) is 4.98 Å². The van der Waals surface area contributed by atoms with Crippen molar-refractivity contribution in [2.75, 3.05) is 24.4 Å². The van der Waals surface area contributed by atoms with Crippen molar-refractivity contribution >= 4 is 22.2 Å². The van der Waals surface area contributed by atoms with Crippen LogP contribution in [0.5, 0.6) is 5.75 Å². The summed E-state index contributed by atoms with van der Waals surface area (Å²) in [6, 6.07) is 9.66. The summed E-state index contributed by atoms with van der Waals surface area (Å²) in [6.45, 7) is 2.01. The molecule has 0 amide bonds. The first-order valence-electron chi connectivity index (χ1n) is 7.06. The van der Waals surface area contributed by atoms with E-state index in [9.17, 15) is 4.21 Å². The summed E-state index contributed by atoms with van der Waals surface area (Å²) >= 11 is 0. The second-order valence-electron chi connectivity index (χ2n) is 5.27. The molecule has 1 N–H and O–H groups in total. The summed E-state index contributed by atoms with van der Waals surface area (Å²) in [6.07, 6.45) is 1.72. The highest BCUT2D eigenvalue weighted by Gasteiger charge is 2.33. The van der Waals surface area contributed by atoms with Gasteiger partial charge in [-0.2, -0.15) is 0 Å². The molecule has 22 heavy (non-hydrogen) atoms. The van der Waals surface area contributed by atoms with Gasteiger partial charge in [-0.1, -0.05) is 12.1 Å². The first-order chi connectivity index (χ1) is 10.6. The molecule has 0 aliphatic carbocycles. The molecule has 2 atom stereocenters. The predicted octanol–water partition coefficient (Wildman–Crippen LogP) is 2.49. The summed E-state index contributed by atoms with van der Waals surface area (Å²) in [5, 5.41) is 3.32. The van der Waals surface area contributed by atoms with Crippen LogP contribution in [0, 0.1) is 6.92 Å². The Morgan fingerprint density at radius 1 is 1.36 bits per heavy atom. The lowest BCUT2D eigenvalue weighted by Gasteiger charge is -2.22. The highest BCUT2D eigenvalue weighted by Crippen LogP contribution is 2.44. The zero-order chi connectivity index (χ0) is 15.7. The average molecular weight is 317 g/mol. The molecule has 5 nitrogen and oxygen atoms in total. The standard InChI is InChI=1S/C16H19N3O2S/c1-11-7-8-13-14(15(11)21-3)19(2)16(18-13)22(20)10-12-6-4-5-9-17-12/h4-9,16,18H,10H2,1-3H3. The fourth-order valence-corrected chi connectivity index (χ4v) is 4.03. The fraction of sp³-hybridized carbons (Fsp3) is 0.312. The maximum absolute atomic E-state index is 12.7. The van der Waals surface area contributed by atoms with Crippen molar-refractivity contribution in [3.05, 3.63) is 47.8 Å². The van der Waals surface area contributed by atoms with Crippen LogP contribution in [0.2, 0.25) is 0 Å². The molecule has 1 aliphatic rings. The van der Waals surface area contributed by atoms with Crippen LogP contribution in [-0.4, -0.2) is 28.8 Å². The van der Waals surface area contributed by atoms with Gasteiger partial charge in [-0.3, -0.25) is 9.19 Å². The van der Waals surface area contributed by atoms with Crippen LogP contribution in [0.15, 0.2) is 36.5 Å². The molecule has 116 valence electrons. The molecule has 0 bridgehead atoms. The highest BCUT2D eigenvalue weighted by atomic mass is 32.2. The smallest absolute Gasteiger partial charge is 0.178 e. The topological polar surface area (TPSA) is 54.5 Å². The van der Waals surface area contributed by atoms with Gasteiger partial charge in [0, 0.05) is 13.2 Å². The number of aromatic nitrogens is 1. The number of rotatable bonds is 4. The van der Waals surface area contributed by atoms with Gasteiger partial charge in [0.25, 0.3) is 0 Å². The number of nitrogens with one attached hydrogen (secondary N) is 1. The van der Waals surface area contributed by atoms with Crippen molar-refractivity contribution < 1.29 is 8.95 Å². The second kappa shape index (κ2) is 5.96. The number of nitrogens with zero attached hydrogens (tertiary/aromatic N) is 2. The first-order valence-corrected chi connectivity index (χ1v) is 8.44. The van der Waals surface area contributed by atoms with E-state index in [2.05, 4.69) is 10.3 Å². The number of hydrogen-bond acceptors (Lipinski definition) is 5. The molecule has 2 heterocycles. The molecule has 1 aromatic heterocycles. The summed E-state index contributed by atoms with van der Waals surface area (Å²) < 4.78 is 18.2. The number of hydrogen-bond donors (Lipinski definition) is 1. The molecule has 3 rings (SSSR count). The summed E-state index contributed by atoms with van der Waals surface area (Å²) in [5.41, 5.74) is 3.51. The van der Waals surface area contributed by atoms with E-state index >= 15 is 0 Å². The lowest BCUT2D eigenvalue weighted by Crippen LogP contribution is -2.37. The maximum atomic E-state index is 12.7. The van der Waals surface area contributed by atoms with Gasteiger partial charge in [0.1, 0.15) is 11.4 Å². The van der Waals surface area contributed by atoms with Crippen LogP contribution in [0.25, 0.3) is 0 Å². The third-order valence-corrected chi connectivity index (χ3v) is 5.29. The van der Waals surface area contributed by atoms with Gasteiger partial charge in [-0.05, 0) is 30.7 Å². The minimum Gasteiger partial charge on any atom is -0.494 e. The number of anilines is 2. The van der Waals surface area contributed by atoms with Crippen LogP contribution < -0.4 is 15.0 Å².